The lowest BCUT2D eigenvalue weighted by Crippen LogP contribution is -2.63. The fraction of sp³-hybridized carbons (Fsp3) is 0.647. The van der Waals surface area contributed by atoms with Crippen LogP contribution >= 0.6 is 0 Å². The van der Waals surface area contributed by atoms with E-state index in [0.717, 1.165) is 43.4 Å². The van der Waals surface area contributed by atoms with Gasteiger partial charge < -0.3 is 9.50 Å². The Morgan fingerprint density at radius 1 is 1.28 bits per heavy atom. The number of hydrogen-bond acceptors (Lipinski definition) is 4. The summed E-state index contributed by atoms with van der Waals surface area (Å²) in [5.74, 6) is 0.513. The Balaban J connectivity index is 1.72. The average molecular weight is 375 g/mol. The molecule has 1 saturated carbocycles. The van der Waals surface area contributed by atoms with Crippen molar-refractivity contribution in [3.05, 3.63) is 29.3 Å². The zero-order valence-electron chi connectivity index (χ0n) is 13.8. The summed E-state index contributed by atoms with van der Waals surface area (Å²) in [6.45, 7) is 3.01. The second-order valence-corrected chi connectivity index (χ2v) is 8.91. The molecule has 1 saturated heterocycles. The smallest absolute Gasteiger partial charge is 0.376 e. The van der Waals surface area contributed by atoms with Gasteiger partial charge in [-0.25, -0.2) is 0 Å². The number of fused-ring (bicyclic) bond motifs is 2. The lowest BCUT2D eigenvalue weighted by Gasteiger charge is -2.62. The Bertz CT molecular complexity index is 808. The number of alkyl halides is 3. The van der Waals surface area contributed by atoms with E-state index in [1.807, 2.05) is 0 Å². The monoisotopic (exact) mass is 375 g/mol. The molecular formula is C17H20F3NO3S. The first kappa shape index (κ1) is 17.1. The molecule has 25 heavy (non-hydrogen) atoms. The molecule has 138 valence electrons. The van der Waals surface area contributed by atoms with Gasteiger partial charge in [-0.2, -0.15) is 21.6 Å². The Hall–Kier alpha value is -1.28. The van der Waals surface area contributed by atoms with E-state index in [1.165, 1.54) is 12.1 Å². The van der Waals surface area contributed by atoms with Gasteiger partial charge >= 0.3 is 15.6 Å². The van der Waals surface area contributed by atoms with Crippen LogP contribution in [0.2, 0.25) is 0 Å². The molecule has 1 spiro atoms. The van der Waals surface area contributed by atoms with Crippen LogP contribution in [-0.2, 0) is 15.5 Å². The summed E-state index contributed by atoms with van der Waals surface area (Å²) >= 11 is 0. The largest absolute Gasteiger partial charge is 0.534 e. The van der Waals surface area contributed by atoms with Gasteiger partial charge in [0.1, 0.15) is 5.75 Å². The highest BCUT2D eigenvalue weighted by molar-refractivity contribution is 7.88. The molecule has 0 radical (unpaired) electrons. The van der Waals surface area contributed by atoms with Gasteiger partial charge in [0, 0.05) is 23.9 Å². The highest BCUT2D eigenvalue weighted by Gasteiger charge is 2.59. The molecule has 2 fully saturated rings. The summed E-state index contributed by atoms with van der Waals surface area (Å²) in [6, 6.07) is 4.90. The summed E-state index contributed by atoms with van der Waals surface area (Å²) in [5, 5.41) is 3.55. The van der Waals surface area contributed by atoms with Crippen molar-refractivity contribution in [2.45, 2.75) is 55.5 Å². The van der Waals surface area contributed by atoms with E-state index in [2.05, 4.69) is 16.4 Å². The minimum Gasteiger partial charge on any atom is -0.376 e. The van der Waals surface area contributed by atoms with Gasteiger partial charge in [-0.15, -0.1) is 0 Å². The summed E-state index contributed by atoms with van der Waals surface area (Å²) in [5.41, 5.74) is -3.40. The minimum absolute atomic E-state index is 0.0559. The molecule has 4 atom stereocenters. The number of hydrogen-bond donors (Lipinski definition) is 1. The average Bonchev–Trinajstić information content (AvgIpc) is 2.53. The summed E-state index contributed by atoms with van der Waals surface area (Å²) in [7, 11) is -5.64. The van der Waals surface area contributed by atoms with Crippen molar-refractivity contribution in [2.75, 3.05) is 6.54 Å². The molecule has 1 aromatic rings. The van der Waals surface area contributed by atoms with E-state index in [0.29, 0.717) is 17.9 Å². The fourth-order valence-electron chi connectivity index (χ4n) is 5.28. The maximum atomic E-state index is 12.6. The van der Waals surface area contributed by atoms with E-state index in [4.69, 9.17) is 0 Å². The van der Waals surface area contributed by atoms with Crippen LogP contribution in [0, 0.1) is 5.92 Å². The van der Waals surface area contributed by atoms with E-state index >= 15 is 0 Å². The Kier molecular flexibility index (Phi) is 3.68. The summed E-state index contributed by atoms with van der Waals surface area (Å²) in [4.78, 5) is 0. The quantitative estimate of drug-likeness (QED) is 0.636. The van der Waals surface area contributed by atoms with Crippen LogP contribution in [0.5, 0.6) is 5.75 Å². The van der Waals surface area contributed by atoms with Crippen LogP contribution < -0.4 is 9.50 Å². The highest BCUT2D eigenvalue weighted by atomic mass is 32.2. The lowest BCUT2D eigenvalue weighted by atomic mass is 9.44. The maximum absolute atomic E-state index is 12.6. The molecule has 4 unspecified atom stereocenters. The first-order chi connectivity index (χ1) is 11.7. The zero-order chi connectivity index (χ0) is 18.0. The van der Waals surface area contributed by atoms with Gasteiger partial charge in [-0.3, -0.25) is 0 Å². The third-order valence-corrected chi connectivity index (χ3v) is 7.26. The Labute approximate surface area is 144 Å². The molecular weight excluding hydrogens is 355 g/mol. The SMILES string of the molecule is CC1NCC2c3ccc(OS(=O)(=O)C(F)(F)F)cc3C23CCCCC13. The molecule has 1 aliphatic heterocycles. The molecule has 3 aliphatic rings. The molecule has 1 heterocycles. The number of rotatable bonds is 2. The topological polar surface area (TPSA) is 55.4 Å². The van der Waals surface area contributed by atoms with Gasteiger partial charge in [0.25, 0.3) is 0 Å². The first-order valence-corrected chi connectivity index (χ1v) is 9.96. The first-order valence-electron chi connectivity index (χ1n) is 8.55. The predicted molar refractivity (Wildman–Crippen MR) is 85.9 cm³/mol. The second kappa shape index (κ2) is 5.36. The normalized spacial score (nSPS) is 34.3. The molecule has 8 heteroatoms. The number of piperidine rings is 1. The van der Waals surface area contributed by atoms with Gasteiger partial charge in [-0.1, -0.05) is 18.9 Å². The summed E-state index contributed by atoms with van der Waals surface area (Å²) in [6.07, 6.45) is 4.32. The van der Waals surface area contributed by atoms with E-state index in [9.17, 15) is 21.6 Å². The number of benzene rings is 1. The van der Waals surface area contributed by atoms with Crippen LogP contribution in [0.3, 0.4) is 0 Å². The molecule has 1 N–H and O–H groups in total. The molecule has 0 amide bonds. The van der Waals surface area contributed by atoms with Gasteiger partial charge in [0.05, 0.1) is 0 Å². The van der Waals surface area contributed by atoms with E-state index < -0.39 is 15.6 Å². The van der Waals surface area contributed by atoms with Crippen molar-refractivity contribution in [2.24, 2.45) is 5.92 Å². The van der Waals surface area contributed by atoms with Crippen molar-refractivity contribution in [1.29, 1.82) is 0 Å². The molecule has 2 aliphatic carbocycles. The molecule has 0 bridgehead atoms. The van der Waals surface area contributed by atoms with Crippen molar-refractivity contribution in [3.8, 4) is 5.75 Å². The number of nitrogens with one attached hydrogen (secondary N) is 1. The Morgan fingerprint density at radius 3 is 2.76 bits per heavy atom. The molecule has 0 aromatic heterocycles. The third kappa shape index (κ3) is 2.33. The number of halogens is 3. The van der Waals surface area contributed by atoms with Crippen LogP contribution in [0.1, 0.15) is 49.7 Å². The molecule has 4 rings (SSSR count). The fourth-order valence-corrected chi connectivity index (χ4v) is 5.73. The minimum atomic E-state index is -5.64. The predicted octanol–water partition coefficient (Wildman–Crippen LogP) is 3.43. The lowest BCUT2D eigenvalue weighted by molar-refractivity contribution is -0.0500. The van der Waals surface area contributed by atoms with Crippen LogP contribution in [-0.4, -0.2) is 26.5 Å². The van der Waals surface area contributed by atoms with Crippen molar-refractivity contribution >= 4 is 10.1 Å². The van der Waals surface area contributed by atoms with Crippen molar-refractivity contribution in [3.63, 3.8) is 0 Å². The van der Waals surface area contributed by atoms with E-state index in [-0.39, 0.29) is 11.2 Å². The zero-order valence-corrected chi connectivity index (χ0v) is 14.6. The Morgan fingerprint density at radius 2 is 2.04 bits per heavy atom. The van der Waals surface area contributed by atoms with Gasteiger partial charge in [0.2, 0.25) is 0 Å². The molecule has 4 nitrogen and oxygen atoms in total. The van der Waals surface area contributed by atoms with Crippen LogP contribution in [0.25, 0.3) is 0 Å². The van der Waals surface area contributed by atoms with Crippen LogP contribution in [0.4, 0.5) is 13.2 Å². The van der Waals surface area contributed by atoms with Gasteiger partial charge in [-0.05, 0) is 48.9 Å². The van der Waals surface area contributed by atoms with Crippen molar-refractivity contribution < 1.29 is 25.8 Å². The second-order valence-electron chi connectivity index (χ2n) is 7.37. The maximum Gasteiger partial charge on any atom is 0.534 e. The summed E-state index contributed by atoms with van der Waals surface area (Å²) < 4.78 is 64.7. The third-order valence-electron chi connectivity index (χ3n) is 6.28. The van der Waals surface area contributed by atoms with Crippen molar-refractivity contribution in [1.82, 2.24) is 5.32 Å². The standard InChI is InChI=1S/C17H20F3NO3S/c1-10-13-4-2-3-7-16(13)14-8-11(24-25(22,23)17(18,19)20)5-6-12(14)15(16)9-21-10/h5-6,8,10,13,15,21H,2-4,7,9H2,1H3. The van der Waals surface area contributed by atoms with Gasteiger partial charge in [0.15, 0.2) is 0 Å². The molecule has 1 aromatic carbocycles. The van der Waals surface area contributed by atoms with Crippen LogP contribution in [0.15, 0.2) is 18.2 Å². The highest BCUT2D eigenvalue weighted by Crippen LogP contribution is 2.64. The van der Waals surface area contributed by atoms with E-state index in [1.54, 1.807) is 6.07 Å².